The molecule has 1 aliphatic carbocycles. The van der Waals surface area contributed by atoms with Gasteiger partial charge in [-0.3, -0.25) is 0 Å². The second-order valence-corrected chi connectivity index (χ2v) is 3.27. The van der Waals surface area contributed by atoms with Gasteiger partial charge in [0.25, 0.3) is 0 Å². The SMILES string of the molecule is CCC1=C([Se])/C=C\C=C/C=C\1. The first-order valence-electron chi connectivity index (χ1n) is 3.76. The summed E-state index contributed by atoms with van der Waals surface area (Å²) < 4.78 is 1.24. The number of hydrogen-bond donors (Lipinski definition) is 0. The van der Waals surface area contributed by atoms with Gasteiger partial charge in [-0.15, -0.1) is 0 Å². The van der Waals surface area contributed by atoms with Crippen LogP contribution in [0.1, 0.15) is 13.3 Å². The molecule has 0 heterocycles. The third-order valence-corrected chi connectivity index (χ3v) is 2.41. The zero-order chi connectivity index (χ0) is 8.10. The third-order valence-electron chi connectivity index (χ3n) is 1.58. The van der Waals surface area contributed by atoms with Crippen molar-refractivity contribution in [1.82, 2.24) is 0 Å². The number of rotatable bonds is 1. The normalized spacial score (nSPS) is 32.1. The minimum absolute atomic E-state index is 1.08. The summed E-state index contributed by atoms with van der Waals surface area (Å²) in [6.07, 6.45) is 13.5. The molecule has 0 nitrogen and oxygen atoms in total. The molecule has 0 amide bonds. The molecule has 1 radical (unpaired) electrons. The average molecular weight is 210 g/mol. The van der Waals surface area contributed by atoms with Crippen LogP contribution in [0.4, 0.5) is 0 Å². The number of hydrogen-bond acceptors (Lipinski definition) is 0. The van der Waals surface area contributed by atoms with Crippen LogP contribution in [0, 0.1) is 0 Å². The Morgan fingerprint density at radius 2 is 1.73 bits per heavy atom. The standard InChI is InChI=1S/C10H11Se/c1-2-9-7-5-3-4-6-8-10(9)11/h3-8H,2H2,1H3/b4-3-,5-3?,6-4?,7-5-,8-6-,9-7?,10-8?,10-9+. The first kappa shape index (κ1) is 8.57. The summed E-state index contributed by atoms with van der Waals surface area (Å²) in [6, 6.07) is 0. The molecule has 0 bridgehead atoms. The van der Waals surface area contributed by atoms with E-state index in [-0.39, 0.29) is 0 Å². The molecule has 0 fully saturated rings. The molecule has 0 spiro atoms. The first-order valence-corrected chi connectivity index (χ1v) is 4.62. The molecule has 57 valence electrons. The van der Waals surface area contributed by atoms with Crippen LogP contribution in [0.2, 0.25) is 0 Å². The summed E-state index contributed by atoms with van der Waals surface area (Å²) in [4.78, 5) is 0. The molecule has 0 N–H and O–H groups in total. The van der Waals surface area contributed by atoms with E-state index in [0.29, 0.717) is 0 Å². The van der Waals surface area contributed by atoms with Crippen molar-refractivity contribution in [3.63, 3.8) is 0 Å². The molecular weight excluding hydrogens is 199 g/mol. The molecule has 0 aliphatic heterocycles. The van der Waals surface area contributed by atoms with E-state index in [9.17, 15) is 0 Å². The fourth-order valence-corrected chi connectivity index (χ4v) is 1.53. The van der Waals surface area contributed by atoms with Crippen LogP contribution in [0.15, 0.2) is 46.5 Å². The van der Waals surface area contributed by atoms with E-state index in [2.05, 4.69) is 41.2 Å². The van der Waals surface area contributed by atoms with Gasteiger partial charge in [0, 0.05) is 0 Å². The van der Waals surface area contributed by atoms with Crippen molar-refractivity contribution in [1.29, 1.82) is 0 Å². The van der Waals surface area contributed by atoms with Crippen molar-refractivity contribution in [3.8, 4) is 0 Å². The van der Waals surface area contributed by atoms with Gasteiger partial charge >= 0.3 is 75.9 Å². The summed E-state index contributed by atoms with van der Waals surface area (Å²) in [7, 11) is 0. The second kappa shape index (κ2) is 4.38. The van der Waals surface area contributed by atoms with Crippen molar-refractivity contribution >= 4 is 16.0 Å². The Labute approximate surface area is 76.2 Å². The molecule has 0 saturated carbocycles. The minimum atomic E-state index is 1.08. The fourth-order valence-electron chi connectivity index (χ4n) is 0.924. The second-order valence-electron chi connectivity index (χ2n) is 2.35. The Bertz CT molecular complexity index is 242. The van der Waals surface area contributed by atoms with E-state index < -0.39 is 0 Å². The molecule has 1 rings (SSSR count). The van der Waals surface area contributed by atoms with Crippen LogP contribution in [0.25, 0.3) is 0 Å². The summed E-state index contributed by atoms with van der Waals surface area (Å²) in [5.74, 6) is 0. The average Bonchev–Trinajstić information content (AvgIpc) is 1.98. The predicted octanol–water partition coefficient (Wildman–Crippen LogP) is 2.50. The molecule has 11 heavy (non-hydrogen) atoms. The van der Waals surface area contributed by atoms with Gasteiger partial charge < -0.3 is 0 Å². The Hall–Kier alpha value is -0.521. The predicted molar refractivity (Wildman–Crippen MR) is 50.5 cm³/mol. The molecule has 0 atom stereocenters. The molecule has 1 aliphatic rings. The topological polar surface area (TPSA) is 0 Å². The number of allylic oxidation sites excluding steroid dienone is 8. The van der Waals surface area contributed by atoms with E-state index in [1.54, 1.807) is 0 Å². The van der Waals surface area contributed by atoms with Gasteiger partial charge in [-0.25, -0.2) is 0 Å². The quantitative estimate of drug-likeness (QED) is 0.583. The molecule has 0 unspecified atom stereocenters. The van der Waals surface area contributed by atoms with E-state index in [1.807, 2.05) is 18.2 Å². The van der Waals surface area contributed by atoms with Gasteiger partial charge in [0.2, 0.25) is 0 Å². The van der Waals surface area contributed by atoms with Crippen molar-refractivity contribution in [3.05, 3.63) is 46.5 Å². The van der Waals surface area contributed by atoms with Crippen LogP contribution >= 0.6 is 0 Å². The van der Waals surface area contributed by atoms with E-state index in [4.69, 9.17) is 0 Å². The Morgan fingerprint density at radius 1 is 1.09 bits per heavy atom. The van der Waals surface area contributed by atoms with Gasteiger partial charge in [0.1, 0.15) is 0 Å². The van der Waals surface area contributed by atoms with E-state index in [0.717, 1.165) is 6.42 Å². The monoisotopic (exact) mass is 211 g/mol. The van der Waals surface area contributed by atoms with Crippen LogP contribution in [-0.4, -0.2) is 16.0 Å². The zero-order valence-electron chi connectivity index (χ0n) is 6.58. The zero-order valence-corrected chi connectivity index (χ0v) is 8.29. The van der Waals surface area contributed by atoms with Crippen molar-refractivity contribution in [2.75, 3.05) is 0 Å². The Kier molecular flexibility index (Phi) is 3.41. The molecule has 0 saturated heterocycles. The Morgan fingerprint density at radius 3 is 2.36 bits per heavy atom. The summed E-state index contributed by atoms with van der Waals surface area (Å²) in [5.41, 5.74) is 1.37. The molecule has 1 heteroatoms. The Balaban J connectivity index is 2.92. The van der Waals surface area contributed by atoms with E-state index >= 15 is 0 Å². The van der Waals surface area contributed by atoms with Gasteiger partial charge in [0.15, 0.2) is 0 Å². The fraction of sp³-hybridized carbons (Fsp3) is 0.200. The van der Waals surface area contributed by atoms with Crippen LogP contribution < -0.4 is 0 Å². The summed E-state index contributed by atoms with van der Waals surface area (Å²) in [5, 5.41) is 0. The van der Waals surface area contributed by atoms with Crippen molar-refractivity contribution in [2.24, 2.45) is 0 Å². The first-order chi connectivity index (χ1) is 5.34. The van der Waals surface area contributed by atoms with Crippen LogP contribution in [0.5, 0.6) is 0 Å². The maximum atomic E-state index is 3.06. The van der Waals surface area contributed by atoms with Gasteiger partial charge in [-0.1, -0.05) is 0 Å². The molecular formula is C10H11Se. The van der Waals surface area contributed by atoms with Crippen molar-refractivity contribution < 1.29 is 0 Å². The molecule has 0 aromatic carbocycles. The third kappa shape index (κ3) is 2.53. The summed E-state index contributed by atoms with van der Waals surface area (Å²) in [6.45, 7) is 2.16. The molecule has 0 aromatic rings. The van der Waals surface area contributed by atoms with Crippen molar-refractivity contribution in [2.45, 2.75) is 13.3 Å². The molecule has 0 aromatic heterocycles. The van der Waals surface area contributed by atoms with Gasteiger partial charge in [0.05, 0.1) is 0 Å². The summed E-state index contributed by atoms with van der Waals surface area (Å²) >= 11 is 3.06. The van der Waals surface area contributed by atoms with Crippen LogP contribution in [-0.2, 0) is 0 Å². The maximum absolute atomic E-state index is 3.06. The van der Waals surface area contributed by atoms with E-state index in [1.165, 1.54) is 10.0 Å². The van der Waals surface area contributed by atoms with Crippen LogP contribution in [0.3, 0.4) is 0 Å². The van der Waals surface area contributed by atoms with Gasteiger partial charge in [-0.2, -0.15) is 0 Å². The van der Waals surface area contributed by atoms with Gasteiger partial charge in [-0.05, 0) is 0 Å².